The number of hydrogen-bond donors (Lipinski definition) is 0. The molecule has 0 unspecified atom stereocenters. The molecule has 176 valence electrons. The van der Waals surface area contributed by atoms with Crippen molar-refractivity contribution in [2.75, 3.05) is 26.2 Å². The molecule has 7 heteroatoms. The highest BCUT2D eigenvalue weighted by Crippen LogP contribution is 2.26. The highest BCUT2D eigenvalue weighted by atomic mass is 35.5. The van der Waals surface area contributed by atoms with Gasteiger partial charge in [0.05, 0.1) is 17.8 Å². The monoisotopic (exact) mass is 484 g/mol. The highest BCUT2D eigenvalue weighted by molar-refractivity contribution is 6.30. The van der Waals surface area contributed by atoms with E-state index in [4.69, 9.17) is 16.7 Å². The van der Waals surface area contributed by atoms with E-state index in [1.165, 1.54) is 0 Å². The number of hydrogen-bond acceptors (Lipinski definition) is 3. The van der Waals surface area contributed by atoms with Crippen LogP contribution in [0.5, 0.6) is 0 Å². The minimum atomic E-state index is 0.00635. The number of nitrogens with zero attached hydrogens (tertiary/aromatic N) is 4. The van der Waals surface area contributed by atoms with E-state index in [-0.39, 0.29) is 18.2 Å². The second-order valence-corrected chi connectivity index (χ2v) is 8.94. The van der Waals surface area contributed by atoms with Crippen LogP contribution < -0.4 is 0 Å². The largest absolute Gasteiger partial charge is 0.339 e. The fourth-order valence-corrected chi connectivity index (χ4v) is 4.43. The van der Waals surface area contributed by atoms with Crippen LogP contribution in [0.3, 0.4) is 0 Å². The average molecular weight is 485 g/mol. The van der Waals surface area contributed by atoms with Gasteiger partial charge in [-0.2, -0.15) is 5.10 Å². The summed E-state index contributed by atoms with van der Waals surface area (Å²) >= 11 is 6.08. The molecule has 0 radical (unpaired) electrons. The topological polar surface area (TPSA) is 58.4 Å². The molecule has 2 amide bonds. The van der Waals surface area contributed by atoms with E-state index in [2.05, 4.69) is 0 Å². The molecule has 0 saturated carbocycles. The predicted octanol–water partition coefficient (Wildman–Crippen LogP) is 4.72. The second kappa shape index (κ2) is 10.2. The van der Waals surface area contributed by atoms with E-state index in [1.54, 1.807) is 0 Å². The van der Waals surface area contributed by atoms with Crippen LogP contribution in [-0.4, -0.2) is 57.6 Å². The van der Waals surface area contributed by atoms with Gasteiger partial charge in [0.25, 0.3) is 5.91 Å². The summed E-state index contributed by atoms with van der Waals surface area (Å²) in [7, 11) is 0. The van der Waals surface area contributed by atoms with Gasteiger partial charge in [0, 0.05) is 54.1 Å². The molecule has 5 rings (SSSR count). The summed E-state index contributed by atoms with van der Waals surface area (Å²) in [5.41, 5.74) is 4.12. The van der Waals surface area contributed by atoms with Gasteiger partial charge < -0.3 is 9.80 Å². The molecule has 1 aliphatic rings. The van der Waals surface area contributed by atoms with E-state index in [0.717, 1.165) is 22.5 Å². The van der Waals surface area contributed by atoms with Crippen LogP contribution in [0.2, 0.25) is 5.02 Å². The molecule has 1 fully saturated rings. The highest BCUT2D eigenvalue weighted by Gasteiger charge is 2.26. The molecule has 4 aromatic rings. The summed E-state index contributed by atoms with van der Waals surface area (Å²) in [6.07, 6.45) is 2.16. The van der Waals surface area contributed by atoms with Crippen molar-refractivity contribution < 1.29 is 9.59 Å². The lowest BCUT2D eigenvalue weighted by atomic mass is 10.1. The Morgan fingerprint density at radius 1 is 0.771 bits per heavy atom. The van der Waals surface area contributed by atoms with E-state index in [0.29, 0.717) is 36.8 Å². The number of carbonyl (C=O) groups excluding carboxylic acids is 2. The number of halogens is 1. The first kappa shape index (κ1) is 22.9. The summed E-state index contributed by atoms with van der Waals surface area (Å²) in [4.78, 5) is 29.6. The molecule has 0 spiro atoms. The van der Waals surface area contributed by atoms with Crippen LogP contribution in [0.15, 0.2) is 91.1 Å². The fraction of sp³-hybridized carbons (Fsp3) is 0.179. The summed E-state index contributed by atoms with van der Waals surface area (Å²) in [6, 6.07) is 26.6. The van der Waals surface area contributed by atoms with Crippen molar-refractivity contribution in [1.29, 1.82) is 0 Å². The van der Waals surface area contributed by atoms with Crippen molar-refractivity contribution in [3.05, 3.63) is 107 Å². The lowest BCUT2D eigenvalue weighted by molar-refractivity contribution is -0.131. The van der Waals surface area contributed by atoms with Gasteiger partial charge >= 0.3 is 0 Å². The first-order chi connectivity index (χ1) is 17.1. The minimum Gasteiger partial charge on any atom is -0.339 e. The SMILES string of the molecule is O=C(Cc1cn(-c2ccccc2)nc1-c1ccc(Cl)cc1)N1CCN(C(=O)c2ccccc2)CC1. The standard InChI is InChI=1S/C28H25ClN4O2/c29-24-13-11-21(12-14-24)27-23(20-33(30-27)25-9-5-2-6-10-25)19-26(34)31-15-17-32(18-16-31)28(35)22-7-3-1-4-8-22/h1-14,20H,15-19H2. The molecular weight excluding hydrogens is 460 g/mol. The van der Waals surface area contributed by atoms with Gasteiger partial charge in [0.1, 0.15) is 0 Å². The zero-order valence-corrected chi connectivity index (χ0v) is 19.9. The molecule has 0 N–H and O–H groups in total. The van der Waals surface area contributed by atoms with Gasteiger partial charge in [-0.3, -0.25) is 9.59 Å². The molecule has 3 aromatic carbocycles. The quantitative estimate of drug-likeness (QED) is 0.412. The Kier molecular flexibility index (Phi) is 6.64. The Morgan fingerprint density at radius 3 is 2.03 bits per heavy atom. The third-order valence-corrected chi connectivity index (χ3v) is 6.46. The van der Waals surface area contributed by atoms with Crippen molar-refractivity contribution >= 4 is 23.4 Å². The smallest absolute Gasteiger partial charge is 0.253 e. The van der Waals surface area contributed by atoms with Gasteiger partial charge in [-0.25, -0.2) is 4.68 Å². The van der Waals surface area contributed by atoms with Crippen LogP contribution in [0.1, 0.15) is 15.9 Å². The molecule has 6 nitrogen and oxygen atoms in total. The summed E-state index contributed by atoms with van der Waals surface area (Å²) in [5.74, 6) is 0.0338. The summed E-state index contributed by atoms with van der Waals surface area (Å²) < 4.78 is 1.81. The van der Waals surface area contributed by atoms with E-state index < -0.39 is 0 Å². The third kappa shape index (κ3) is 5.12. The molecule has 35 heavy (non-hydrogen) atoms. The maximum Gasteiger partial charge on any atom is 0.253 e. The summed E-state index contributed by atoms with van der Waals surface area (Å²) in [5, 5.41) is 5.45. The van der Waals surface area contributed by atoms with Crippen molar-refractivity contribution in [1.82, 2.24) is 19.6 Å². The Morgan fingerprint density at radius 2 is 1.37 bits per heavy atom. The normalized spacial score (nSPS) is 13.6. The van der Waals surface area contributed by atoms with Crippen LogP contribution in [0.25, 0.3) is 16.9 Å². The molecule has 1 aromatic heterocycles. The fourth-order valence-electron chi connectivity index (χ4n) is 4.30. The number of benzene rings is 3. The first-order valence-electron chi connectivity index (χ1n) is 11.6. The van der Waals surface area contributed by atoms with Gasteiger partial charge in [0.15, 0.2) is 0 Å². The van der Waals surface area contributed by atoms with Gasteiger partial charge in [-0.05, 0) is 36.4 Å². The zero-order valence-electron chi connectivity index (χ0n) is 19.2. The zero-order chi connectivity index (χ0) is 24.2. The van der Waals surface area contributed by atoms with E-state index in [9.17, 15) is 9.59 Å². The van der Waals surface area contributed by atoms with Crippen molar-refractivity contribution in [2.45, 2.75) is 6.42 Å². The number of rotatable bonds is 5. The Balaban J connectivity index is 1.32. The Hall–Kier alpha value is -3.90. The average Bonchev–Trinajstić information content (AvgIpc) is 3.33. The van der Waals surface area contributed by atoms with Crippen LogP contribution in [-0.2, 0) is 11.2 Å². The second-order valence-electron chi connectivity index (χ2n) is 8.51. The van der Waals surface area contributed by atoms with Crippen molar-refractivity contribution in [3.63, 3.8) is 0 Å². The third-order valence-electron chi connectivity index (χ3n) is 6.21. The van der Waals surface area contributed by atoms with Gasteiger partial charge in [-0.1, -0.05) is 60.1 Å². The van der Waals surface area contributed by atoms with Crippen LogP contribution >= 0.6 is 11.6 Å². The molecule has 1 saturated heterocycles. The molecule has 0 aliphatic carbocycles. The van der Waals surface area contributed by atoms with Crippen molar-refractivity contribution in [2.24, 2.45) is 0 Å². The van der Waals surface area contributed by atoms with Crippen LogP contribution in [0.4, 0.5) is 0 Å². The Bertz CT molecular complexity index is 1310. The molecule has 0 bridgehead atoms. The van der Waals surface area contributed by atoms with Gasteiger partial charge in [0.2, 0.25) is 5.91 Å². The van der Waals surface area contributed by atoms with Crippen LogP contribution in [0, 0.1) is 0 Å². The predicted molar refractivity (Wildman–Crippen MR) is 137 cm³/mol. The van der Waals surface area contributed by atoms with Crippen molar-refractivity contribution in [3.8, 4) is 16.9 Å². The van der Waals surface area contributed by atoms with E-state index in [1.807, 2.05) is 106 Å². The summed E-state index contributed by atoms with van der Waals surface area (Å²) in [6.45, 7) is 2.07. The number of carbonyl (C=O) groups is 2. The molecular formula is C28H25ClN4O2. The van der Waals surface area contributed by atoms with E-state index >= 15 is 0 Å². The first-order valence-corrected chi connectivity index (χ1v) is 12.0. The maximum atomic E-state index is 13.3. The maximum absolute atomic E-state index is 13.3. The minimum absolute atomic E-state index is 0.00635. The number of piperazine rings is 1. The number of amides is 2. The molecule has 2 heterocycles. The number of aromatic nitrogens is 2. The lowest BCUT2D eigenvalue weighted by Crippen LogP contribution is -2.51. The van der Waals surface area contributed by atoms with Gasteiger partial charge in [-0.15, -0.1) is 0 Å². The lowest BCUT2D eigenvalue weighted by Gasteiger charge is -2.35. The number of para-hydroxylation sites is 1. The Labute approximate surface area is 209 Å². The molecule has 1 aliphatic heterocycles. The molecule has 0 atom stereocenters.